The summed E-state index contributed by atoms with van der Waals surface area (Å²) in [6.45, 7) is 2.01. The van der Waals surface area contributed by atoms with E-state index in [2.05, 4.69) is 5.16 Å². The predicted molar refractivity (Wildman–Crippen MR) is 88.6 cm³/mol. The molecule has 0 aliphatic carbocycles. The van der Waals surface area contributed by atoms with Gasteiger partial charge in [-0.15, -0.1) is 0 Å². The molecule has 1 atom stereocenters. The number of hydrogen-bond donors (Lipinski definition) is 0. The molecular weight excluding hydrogens is 323 g/mol. The van der Waals surface area contributed by atoms with Gasteiger partial charge in [-0.2, -0.15) is 5.26 Å². The van der Waals surface area contributed by atoms with Crippen LogP contribution in [0.1, 0.15) is 12.5 Å². The van der Waals surface area contributed by atoms with Crippen LogP contribution < -0.4 is 9.47 Å². The van der Waals surface area contributed by atoms with Gasteiger partial charge in [-0.3, -0.25) is 0 Å². The normalized spacial score (nSPS) is 11.6. The van der Waals surface area contributed by atoms with Gasteiger partial charge >= 0.3 is 0 Å². The summed E-state index contributed by atoms with van der Waals surface area (Å²) in [5.41, 5.74) is 1.10. The fourth-order valence-corrected chi connectivity index (χ4v) is 2.23. The number of ether oxygens (including phenoxy) is 2. The van der Waals surface area contributed by atoms with E-state index in [1.807, 2.05) is 30.3 Å². The van der Waals surface area contributed by atoms with Crippen molar-refractivity contribution in [1.29, 1.82) is 5.26 Å². The average Bonchev–Trinajstić information content (AvgIpc) is 3.17. The minimum atomic E-state index is -0.571. The molecule has 0 aliphatic heterocycles. The molecule has 0 N–H and O–H groups in total. The third-order valence-electron chi connectivity index (χ3n) is 3.43. The van der Waals surface area contributed by atoms with Crippen molar-refractivity contribution in [2.45, 2.75) is 13.0 Å². The molecule has 0 unspecified atom stereocenters. The summed E-state index contributed by atoms with van der Waals surface area (Å²) in [6.07, 6.45) is 1.20. The van der Waals surface area contributed by atoms with Crippen molar-refractivity contribution in [3.05, 3.63) is 66.1 Å². The Balaban J connectivity index is 1.60. The Labute approximate surface area is 144 Å². The Morgan fingerprint density at radius 3 is 2.84 bits per heavy atom. The molecule has 25 heavy (non-hydrogen) atoms. The first-order valence-electron chi connectivity index (χ1n) is 7.66. The first kappa shape index (κ1) is 16.5. The molecule has 1 aromatic heterocycles. The minimum absolute atomic E-state index is 0.0884. The van der Waals surface area contributed by atoms with Crippen molar-refractivity contribution in [2.75, 3.05) is 6.61 Å². The van der Waals surface area contributed by atoms with E-state index in [0.717, 1.165) is 11.6 Å². The molecule has 0 radical (unpaired) electrons. The monoisotopic (exact) mass is 338 g/mol. The van der Waals surface area contributed by atoms with Gasteiger partial charge < -0.3 is 14.0 Å². The van der Waals surface area contributed by atoms with Crippen LogP contribution in [0.25, 0.3) is 11.3 Å². The van der Waals surface area contributed by atoms with E-state index in [1.54, 1.807) is 19.2 Å². The van der Waals surface area contributed by atoms with Gasteiger partial charge in [0.05, 0.1) is 17.8 Å². The molecule has 6 heteroatoms. The summed E-state index contributed by atoms with van der Waals surface area (Å²) in [7, 11) is 0. The molecular formula is C19H15FN2O3. The van der Waals surface area contributed by atoms with Crippen molar-refractivity contribution in [1.82, 2.24) is 5.16 Å². The summed E-state index contributed by atoms with van der Waals surface area (Å²) in [5, 5.41) is 12.4. The van der Waals surface area contributed by atoms with Gasteiger partial charge in [0.2, 0.25) is 0 Å². The highest BCUT2D eigenvalue weighted by molar-refractivity contribution is 5.58. The molecule has 1 heterocycles. The molecule has 0 fully saturated rings. The second kappa shape index (κ2) is 7.49. The zero-order valence-electron chi connectivity index (χ0n) is 13.5. The zero-order chi connectivity index (χ0) is 17.6. The van der Waals surface area contributed by atoms with Crippen molar-refractivity contribution >= 4 is 0 Å². The number of rotatable bonds is 6. The van der Waals surface area contributed by atoms with Gasteiger partial charge in [-0.1, -0.05) is 17.3 Å². The van der Waals surface area contributed by atoms with E-state index >= 15 is 0 Å². The van der Waals surface area contributed by atoms with E-state index in [0.29, 0.717) is 11.5 Å². The number of benzene rings is 2. The van der Waals surface area contributed by atoms with Crippen LogP contribution in [0, 0.1) is 17.1 Å². The quantitative estimate of drug-likeness (QED) is 0.674. The second-order valence-corrected chi connectivity index (χ2v) is 5.40. The second-order valence-electron chi connectivity index (χ2n) is 5.40. The fourth-order valence-electron chi connectivity index (χ4n) is 2.23. The lowest BCUT2D eigenvalue weighted by Crippen LogP contribution is -2.21. The van der Waals surface area contributed by atoms with Crippen LogP contribution in [0.4, 0.5) is 4.39 Å². The Morgan fingerprint density at radius 2 is 2.12 bits per heavy atom. The van der Waals surface area contributed by atoms with Crippen LogP contribution in [-0.4, -0.2) is 17.9 Å². The standard InChI is InChI=1S/C19H15FN2O3/c1-13(24-19-6-5-14(11-21)9-17(19)20)12-23-16-4-2-3-15(10-16)18-7-8-22-25-18/h2-10,13H,12H2,1H3/t13-/m1/s1. The highest BCUT2D eigenvalue weighted by atomic mass is 19.1. The molecule has 0 bridgehead atoms. The maximum atomic E-state index is 13.8. The molecule has 2 aromatic carbocycles. The predicted octanol–water partition coefficient (Wildman–Crippen LogP) is 4.20. The van der Waals surface area contributed by atoms with Gasteiger partial charge in [-0.05, 0) is 37.3 Å². The maximum absolute atomic E-state index is 13.8. The lowest BCUT2D eigenvalue weighted by atomic mass is 10.1. The van der Waals surface area contributed by atoms with Crippen molar-refractivity contribution in [3.8, 4) is 28.9 Å². The number of halogens is 1. The Kier molecular flexibility index (Phi) is 4.95. The Bertz CT molecular complexity index is 888. The van der Waals surface area contributed by atoms with E-state index in [-0.39, 0.29) is 24.0 Å². The van der Waals surface area contributed by atoms with E-state index in [9.17, 15) is 4.39 Å². The molecule has 126 valence electrons. The van der Waals surface area contributed by atoms with Crippen molar-refractivity contribution in [2.24, 2.45) is 0 Å². The smallest absolute Gasteiger partial charge is 0.166 e. The SMILES string of the molecule is C[C@H](COc1cccc(-c2ccno2)c1)Oc1ccc(C#N)cc1F. The summed E-state index contributed by atoms with van der Waals surface area (Å²) >= 11 is 0. The minimum Gasteiger partial charge on any atom is -0.490 e. The number of nitriles is 1. The van der Waals surface area contributed by atoms with Gasteiger partial charge in [-0.25, -0.2) is 4.39 Å². The molecule has 5 nitrogen and oxygen atoms in total. The summed E-state index contributed by atoms with van der Waals surface area (Å²) in [4.78, 5) is 0. The van der Waals surface area contributed by atoms with E-state index < -0.39 is 5.82 Å². The van der Waals surface area contributed by atoms with Crippen LogP contribution in [0.5, 0.6) is 11.5 Å². The topological polar surface area (TPSA) is 68.3 Å². The van der Waals surface area contributed by atoms with E-state index in [1.165, 1.54) is 12.1 Å². The van der Waals surface area contributed by atoms with Gasteiger partial charge in [0.25, 0.3) is 0 Å². The van der Waals surface area contributed by atoms with Crippen molar-refractivity contribution < 1.29 is 18.4 Å². The zero-order valence-corrected chi connectivity index (χ0v) is 13.5. The summed E-state index contributed by atoms with van der Waals surface area (Å²) in [6, 6.07) is 15.1. The molecule has 0 saturated carbocycles. The molecule has 3 rings (SSSR count). The third-order valence-corrected chi connectivity index (χ3v) is 3.43. The third kappa shape index (κ3) is 4.15. The molecule has 3 aromatic rings. The molecule has 0 amide bonds. The van der Waals surface area contributed by atoms with Crippen LogP contribution in [0.3, 0.4) is 0 Å². The van der Waals surface area contributed by atoms with Gasteiger partial charge in [0.15, 0.2) is 17.3 Å². The Hall–Kier alpha value is -3.33. The van der Waals surface area contributed by atoms with Crippen molar-refractivity contribution in [3.63, 3.8) is 0 Å². The first-order valence-corrected chi connectivity index (χ1v) is 7.66. The molecule has 0 saturated heterocycles. The number of nitrogens with zero attached hydrogens (tertiary/aromatic N) is 2. The number of aromatic nitrogens is 1. The number of hydrogen-bond acceptors (Lipinski definition) is 5. The van der Waals surface area contributed by atoms with Gasteiger partial charge in [0, 0.05) is 11.6 Å². The first-order chi connectivity index (χ1) is 12.2. The van der Waals surface area contributed by atoms with Crippen LogP contribution in [0.2, 0.25) is 0 Å². The lowest BCUT2D eigenvalue weighted by molar-refractivity contribution is 0.138. The lowest BCUT2D eigenvalue weighted by Gasteiger charge is -2.16. The Morgan fingerprint density at radius 1 is 1.24 bits per heavy atom. The van der Waals surface area contributed by atoms with E-state index in [4.69, 9.17) is 19.3 Å². The summed E-state index contributed by atoms with van der Waals surface area (Å²) in [5.74, 6) is 0.808. The highest BCUT2D eigenvalue weighted by Crippen LogP contribution is 2.24. The largest absolute Gasteiger partial charge is 0.490 e. The van der Waals surface area contributed by atoms with Crippen LogP contribution in [0.15, 0.2) is 59.3 Å². The molecule has 0 spiro atoms. The van der Waals surface area contributed by atoms with Gasteiger partial charge in [0.1, 0.15) is 18.5 Å². The maximum Gasteiger partial charge on any atom is 0.166 e. The van der Waals surface area contributed by atoms with Crippen LogP contribution >= 0.6 is 0 Å². The molecule has 0 aliphatic rings. The summed E-state index contributed by atoms with van der Waals surface area (Å²) < 4.78 is 30.2. The fraction of sp³-hybridized carbons (Fsp3) is 0.158. The van der Waals surface area contributed by atoms with Crippen LogP contribution in [-0.2, 0) is 0 Å². The average molecular weight is 338 g/mol. The highest BCUT2D eigenvalue weighted by Gasteiger charge is 2.11.